The quantitative estimate of drug-likeness (QED) is 0.512. The Hall–Kier alpha value is -2.69. The first-order chi connectivity index (χ1) is 16.0. The van der Waals surface area contributed by atoms with Gasteiger partial charge >= 0.3 is 6.09 Å². The number of pyridine rings is 1. The van der Waals surface area contributed by atoms with Crippen molar-refractivity contribution in [1.82, 2.24) is 14.5 Å². The van der Waals surface area contributed by atoms with E-state index < -0.39 is 0 Å². The van der Waals surface area contributed by atoms with Crippen LogP contribution in [0.15, 0.2) is 61.0 Å². The van der Waals surface area contributed by atoms with Gasteiger partial charge in [-0.15, -0.1) is 0 Å². The predicted octanol–water partition coefficient (Wildman–Crippen LogP) is 6.29. The third-order valence-electron chi connectivity index (χ3n) is 9.59. The maximum Gasteiger partial charge on any atom is 0.419 e. The van der Waals surface area contributed by atoms with Crippen LogP contribution in [0.5, 0.6) is 0 Å². The van der Waals surface area contributed by atoms with Gasteiger partial charge in [-0.05, 0) is 84.3 Å². The van der Waals surface area contributed by atoms with Gasteiger partial charge in [-0.2, -0.15) is 0 Å². The number of rotatable bonds is 2. The average Bonchev–Trinajstić information content (AvgIpc) is 3.48. The molecule has 0 radical (unpaired) electrons. The fourth-order valence-corrected chi connectivity index (χ4v) is 7.84. The van der Waals surface area contributed by atoms with Gasteiger partial charge in [0.15, 0.2) is 0 Å². The molecule has 0 aliphatic heterocycles. The monoisotopic (exact) mass is 443 g/mol. The normalized spacial score (nSPS) is 37.3. The standard InChI is InChI=1S/C28H33N3O2/c1-27-11-9-21(33-26(32)31-15-14-30-18-31)16-20(27)5-6-22-24-8-7-23(19-4-3-13-29-17-19)28(24,2)12-10-25(22)27/h3-5,7,13-15,17-18,21-22,24-25H,6,8-12,16H2,1-2H3/t21?,22?,24-,25-,27?,28?/m0/s1. The van der Waals surface area contributed by atoms with Crippen molar-refractivity contribution in [3.63, 3.8) is 0 Å². The summed E-state index contributed by atoms with van der Waals surface area (Å²) in [4.78, 5) is 20.8. The highest BCUT2D eigenvalue weighted by Gasteiger charge is 2.57. The summed E-state index contributed by atoms with van der Waals surface area (Å²) >= 11 is 0. The van der Waals surface area contributed by atoms with Gasteiger partial charge < -0.3 is 4.74 Å². The summed E-state index contributed by atoms with van der Waals surface area (Å²) in [7, 11) is 0. The maximum atomic E-state index is 12.4. The Bertz CT molecular complexity index is 1110. The minimum absolute atomic E-state index is 0.0324. The van der Waals surface area contributed by atoms with Crippen LogP contribution in [0.3, 0.4) is 0 Å². The molecule has 2 heterocycles. The van der Waals surface area contributed by atoms with Gasteiger partial charge in [0.05, 0.1) is 0 Å². The molecule has 4 aliphatic rings. The van der Waals surface area contributed by atoms with E-state index >= 15 is 0 Å². The van der Waals surface area contributed by atoms with Crippen LogP contribution in [-0.2, 0) is 4.74 Å². The number of imidazole rings is 1. The summed E-state index contributed by atoms with van der Waals surface area (Å²) in [6.45, 7) is 5.00. The van der Waals surface area contributed by atoms with E-state index in [1.165, 1.54) is 46.9 Å². The SMILES string of the molecule is CC12CCC(OC(=O)n3ccnc3)CC1=CCC1[C@@H]2CCC2(C)C(c3cccnc3)=CC[C@@H]12. The lowest BCUT2D eigenvalue weighted by molar-refractivity contribution is -0.0261. The maximum absolute atomic E-state index is 12.4. The van der Waals surface area contributed by atoms with Crippen LogP contribution >= 0.6 is 0 Å². The Balaban J connectivity index is 1.21. The van der Waals surface area contributed by atoms with Crippen LogP contribution in [0.1, 0.15) is 64.4 Å². The number of hydrogen-bond acceptors (Lipinski definition) is 4. The molecule has 0 spiro atoms. The molecule has 4 aliphatic carbocycles. The lowest BCUT2D eigenvalue weighted by Gasteiger charge is -2.57. The van der Waals surface area contributed by atoms with Crippen LogP contribution in [0.2, 0.25) is 0 Å². The average molecular weight is 444 g/mol. The molecule has 6 rings (SSSR count). The van der Waals surface area contributed by atoms with Crippen LogP contribution in [0, 0.1) is 28.6 Å². The van der Waals surface area contributed by atoms with Crippen molar-refractivity contribution < 1.29 is 9.53 Å². The topological polar surface area (TPSA) is 57.0 Å². The fourth-order valence-electron chi connectivity index (χ4n) is 7.84. The number of aromatic nitrogens is 3. The first-order valence-electron chi connectivity index (χ1n) is 12.5. The molecule has 172 valence electrons. The molecular formula is C28H33N3O2. The number of nitrogens with zero attached hydrogens (tertiary/aromatic N) is 3. The zero-order chi connectivity index (χ0) is 22.6. The molecule has 2 aromatic rings. The molecule has 0 saturated heterocycles. The zero-order valence-corrected chi connectivity index (χ0v) is 19.6. The number of allylic oxidation sites excluding steroid dienone is 3. The minimum Gasteiger partial charge on any atom is -0.445 e. The number of carbonyl (C=O) groups excluding carboxylic acids is 1. The van der Waals surface area contributed by atoms with Gasteiger partial charge in [0.2, 0.25) is 0 Å². The largest absolute Gasteiger partial charge is 0.445 e. The lowest BCUT2D eigenvalue weighted by atomic mass is 9.47. The first kappa shape index (κ1) is 20.9. The van der Waals surface area contributed by atoms with Gasteiger partial charge in [-0.3, -0.25) is 4.98 Å². The van der Waals surface area contributed by atoms with E-state index in [9.17, 15) is 4.79 Å². The number of hydrogen-bond donors (Lipinski definition) is 0. The molecule has 4 unspecified atom stereocenters. The van der Waals surface area contributed by atoms with Crippen molar-refractivity contribution in [1.29, 1.82) is 0 Å². The second-order valence-corrected chi connectivity index (χ2v) is 11.0. The molecule has 0 N–H and O–H groups in total. The summed E-state index contributed by atoms with van der Waals surface area (Å²) in [5, 5.41) is 0. The van der Waals surface area contributed by atoms with Crippen LogP contribution in [0.4, 0.5) is 4.79 Å². The predicted molar refractivity (Wildman–Crippen MR) is 127 cm³/mol. The Kier molecular flexibility index (Phi) is 4.86. The van der Waals surface area contributed by atoms with Crippen molar-refractivity contribution >= 4 is 11.7 Å². The zero-order valence-electron chi connectivity index (χ0n) is 19.6. The molecule has 2 aromatic heterocycles. The van der Waals surface area contributed by atoms with E-state index in [1.54, 1.807) is 12.4 Å². The molecular weight excluding hydrogens is 410 g/mol. The van der Waals surface area contributed by atoms with Crippen molar-refractivity contribution in [2.45, 2.75) is 64.9 Å². The molecule has 0 amide bonds. The summed E-state index contributed by atoms with van der Waals surface area (Å²) in [5.41, 5.74) is 4.84. The van der Waals surface area contributed by atoms with Gasteiger partial charge in [0.25, 0.3) is 0 Å². The fraction of sp³-hybridized carbons (Fsp3) is 0.536. The lowest BCUT2D eigenvalue weighted by Crippen LogP contribution is -2.50. The highest BCUT2D eigenvalue weighted by Crippen LogP contribution is 2.66. The smallest absolute Gasteiger partial charge is 0.419 e. The molecule has 2 saturated carbocycles. The second-order valence-electron chi connectivity index (χ2n) is 11.0. The van der Waals surface area contributed by atoms with E-state index in [4.69, 9.17) is 4.74 Å². The first-order valence-corrected chi connectivity index (χ1v) is 12.5. The van der Waals surface area contributed by atoms with Gasteiger partial charge in [-0.25, -0.2) is 14.3 Å². The summed E-state index contributed by atoms with van der Waals surface area (Å²) in [5.74, 6) is 2.16. The molecule has 5 nitrogen and oxygen atoms in total. The molecule has 0 aromatic carbocycles. The van der Waals surface area contributed by atoms with Gasteiger partial charge in [0.1, 0.15) is 12.4 Å². The number of ether oxygens (including phenoxy) is 1. The molecule has 0 bridgehead atoms. The molecule has 2 fully saturated rings. The van der Waals surface area contributed by atoms with Gasteiger partial charge in [0, 0.05) is 31.2 Å². The van der Waals surface area contributed by atoms with Crippen molar-refractivity contribution in [3.8, 4) is 0 Å². The van der Waals surface area contributed by atoms with E-state index in [-0.39, 0.29) is 23.0 Å². The summed E-state index contributed by atoms with van der Waals surface area (Å²) in [6, 6.07) is 4.29. The third kappa shape index (κ3) is 3.23. The highest BCUT2D eigenvalue weighted by molar-refractivity contribution is 5.72. The Morgan fingerprint density at radius 1 is 1.06 bits per heavy atom. The molecule has 33 heavy (non-hydrogen) atoms. The van der Waals surface area contributed by atoms with Gasteiger partial charge in [-0.1, -0.05) is 37.6 Å². The van der Waals surface area contributed by atoms with Crippen LogP contribution < -0.4 is 0 Å². The Morgan fingerprint density at radius 2 is 1.94 bits per heavy atom. The second kappa shape index (κ2) is 7.68. The van der Waals surface area contributed by atoms with E-state index in [1.807, 2.05) is 12.4 Å². The number of fused-ring (bicyclic) bond motifs is 5. The van der Waals surface area contributed by atoms with E-state index in [0.29, 0.717) is 5.92 Å². The summed E-state index contributed by atoms with van der Waals surface area (Å²) < 4.78 is 7.27. The minimum atomic E-state index is -0.316. The van der Waals surface area contributed by atoms with Crippen molar-refractivity contribution in [2.75, 3.05) is 0 Å². The number of carbonyl (C=O) groups is 1. The Labute approximate surface area is 196 Å². The molecule has 5 heteroatoms. The van der Waals surface area contributed by atoms with Crippen LogP contribution in [0.25, 0.3) is 5.57 Å². The van der Waals surface area contributed by atoms with E-state index in [0.717, 1.165) is 37.5 Å². The highest BCUT2D eigenvalue weighted by atomic mass is 16.6. The van der Waals surface area contributed by atoms with Crippen molar-refractivity contribution in [2.24, 2.45) is 28.6 Å². The third-order valence-corrected chi connectivity index (χ3v) is 9.59. The Morgan fingerprint density at radius 3 is 2.73 bits per heavy atom. The molecule has 6 atom stereocenters. The van der Waals surface area contributed by atoms with Crippen LogP contribution in [-0.4, -0.2) is 26.7 Å². The van der Waals surface area contributed by atoms with Crippen molar-refractivity contribution in [3.05, 3.63) is 66.5 Å². The van der Waals surface area contributed by atoms with E-state index in [2.05, 4.69) is 48.1 Å². The summed E-state index contributed by atoms with van der Waals surface area (Å²) in [6.07, 6.45) is 21.2.